The number of nitrogens with two attached hydrogens (primary N) is 1. The van der Waals surface area contributed by atoms with E-state index in [9.17, 15) is 14.3 Å². The summed E-state index contributed by atoms with van der Waals surface area (Å²) >= 11 is 0. The summed E-state index contributed by atoms with van der Waals surface area (Å²) in [5.41, 5.74) is 5.76. The van der Waals surface area contributed by atoms with Crippen molar-refractivity contribution in [3.05, 3.63) is 29.6 Å². The topological polar surface area (TPSA) is 66.6 Å². The van der Waals surface area contributed by atoms with Crippen molar-refractivity contribution in [2.45, 2.75) is 32.2 Å². The van der Waals surface area contributed by atoms with Crippen LogP contribution in [0.2, 0.25) is 0 Å². The first-order chi connectivity index (χ1) is 9.56. The molecule has 2 atom stereocenters. The van der Waals surface area contributed by atoms with Gasteiger partial charge < -0.3 is 15.7 Å². The van der Waals surface area contributed by atoms with Crippen molar-refractivity contribution in [1.82, 2.24) is 4.90 Å². The molecule has 0 bridgehead atoms. The first kappa shape index (κ1) is 14.8. The standard InChI is InChI=1S/C15H21FN2O2/c1-2-10-5-6-18(11(7-10)9-17)15(20)13-4-3-12(19)8-14(13)16/h3-4,8,10-11,19H,2,5-7,9,17H2,1H3. The van der Waals surface area contributed by atoms with Crippen molar-refractivity contribution in [1.29, 1.82) is 0 Å². The number of phenols is 1. The molecule has 1 aromatic rings. The molecule has 2 unspecified atom stereocenters. The molecule has 1 fully saturated rings. The summed E-state index contributed by atoms with van der Waals surface area (Å²) in [6, 6.07) is 3.58. The third kappa shape index (κ3) is 2.93. The molecule has 0 aromatic heterocycles. The van der Waals surface area contributed by atoms with Gasteiger partial charge in [-0.15, -0.1) is 0 Å². The highest BCUT2D eigenvalue weighted by Gasteiger charge is 2.31. The quantitative estimate of drug-likeness (QED) is 0.891. The molecule has 20 heavy (non-hydrogen) atoms. The van der Waals surface area contributed by atoms with E-state index in [4.69, 9.17) is 5.73 Å². The zero-order chi connectivity index (χ0) is 14.7. The van der Waals surface area contributed by atoms with Crippen LogP contribution in [0.25, 0.3) is 0 Å². The van der Waals surface area contributed by atoms with Gasteiger partial charge in [0.2, 0.25) is 0 Å². The lowest BCUT2D eigenvalue weighted by Crippen LogP contribution is -2.49. The second-order valence-electron chi connectivity index (χ2n) is 5.35. The summed E-state index contributed by atoms with van der Waals surface area (Å²) < 4.78 is 13.8. The van der Waals surface area contributed by atoms with Crippen molar-refractivity contribution in [2.75, 3.05) is 13.1 Å². The summed E-state index contributed by atoms with van der Waals surface area (Å²) in [6.07, 6.45) is 2.88. The highest BCUT2D eigenvalue weighted by atomic mass is 19.1. The Bertz CT molecular complexity index is 493. The number of likely N-dealkylation sites (tertiary alicyclic amines) is 1. The molecule has 0 aliphatic carbocycles. The van der Waals surface area contributed by atoms with Crippen molar-refractivity contribution < 1.29 is 14.3 Å². The lowest BCUT2D eigenvalue weighted by molar-refractivity contribution is 0.0554. The van der Waals surface area contributed by atoms with Crippen molar-refractivity contribution in [3.8, 4) is 5.75 Å². The molecule has 4 nitrogen and oxygen atoms in total. The van der Waals surface area contributed by atoms with Crippen LogP contribution in [0.3, 0.4) is 0 Å². The lowest BCUT2D eigenvalue weighted by atomic mass is 9.88. The van der Waals surface area contributed by atoms with Crippen molar-refractivity contribution in [2.24, 2.45) is 11.7 Å². The van der Waals surface area contributed by atoms with Crippen LogP contribution in [0.1, 0.15) is 36.5 Å². The van der Waals surface area contributed by atoms with E-state index in [-0.39, 0.29) is 23.3 Å². The Balaban J connectivity index is 2.19. The van der Waals surface area contributed by atoms with Crippen LogP contribution in [0.5, 0.6) is 5.75 Å². The molecule has 1 saturated heterocycles. The summed E-state index contributed by atoms with van der Waals surface area (Å²) in [5.74, 6) is -0.632. The minimum Gasteiger partial charge on any atom is -0.508 e. The molecule has 1 heterocycles. The number of benzene rings is 1. The van der Waals surface area contributed by atoms with Gasteiger partial charge in [-0.2, -0.15) is 0 Å². The van der Waals surface area contributed by atoms with Gasteiger partial charge in [-0.25, -0.2) is 4.39 Å². The van der Waals surface area contributed by atoms with Crippen LogP contribution in [0.4, 0.5) is 4.39 Å². The van der Waals surface area contributed by atoms with Crippen LogP contribution in [0.15, 0.2) is 18.2 Å². The summed E-state index contributed by atoms with van der Waals surface area (Å²) in [7, 11) is 0. The van der Waals surface area contributed by atoms with E-state index in [0.717, 1.165) is 25.3 Å². The van der Waals surface area contributed by atoms with Crippen LogP contribution in [0, 0.1) is 11.7 Å². The third-order valence-corrected chi connectivity index (χ3v) is 4.12. The van der Waals surface area contributed by atoms with E-state index < -0.39 is 5.82 Å². The number of nitrogens with zero attached hydrogens (tertiary/aromatic N) is 1. The maximum atomic E-state index is 13.8. The summed E-state index contributed by atoms with van der Waals surface area (Å²) in [5, 5.41) is 9.21. The molecular formula is C15H21FN2O2. The average Bonchev–Trinajstić information content (AvgIpc) is 2.46. The number of piperidine rings is 1. The number of rotatable bonds is 3. The predicted octanol–water partition coefficient (Wildman–Crippen LogP) is 2.12. The molecule has 0 radical (unpaired) electrons. The number of carbonyl (C=O) groups is 1. The van der Waals surface area contributed by atoms with Gasteiger partial charge in [0.25, 0.3) is 5.91 Å². The fourth-order valence-electron chi connectivity index (χ4n) is 2.83. The Labute approximate surface area is 118 Å². The molecule has 5 heteroatoms. The molecule has 1 amide bonds. The number of hydrogen-bond acceptors (Lipinski definition) is 3. The minimum atomic E-state index is -0.691. The molecule has 3 N–H and O–H groups in total. The molecule has 1 aliphatic heterocycles. The number of amides is 1. The predicted molar refractivity (Wildman–Crippen MR) is 75.0 cm³/mol. The van der Waals surface area contributed by atoms with E-state index in [1.165, 1.54) is 12.1 Å². The van der Waals surface area contributed by atoms with Crippen LogP contribution >= 0.6 is 0 Å². The van der Waals surface area contributed by atoms with Crippen LogP contribution < -0.4 is 5.73 Å². The van der Waals surface area contributed by atoms with E-state index in [2.05, 4.69) is 6.92 Å². The Kier molecular flexibility index (Phi) is 4.60. The first-order valence-electron chi connectivity index (χ1n) is 7.06. The largest absolute Gasteiger partial charge is 0.508 e. The Morgan fingerprint density at radius 2 is 2.30 bits per heavy atom. The maximum Gasteiger partial charge on any atom is 0.257 e. The number of phenolic OH excluding ortho intramolecular Hbond substituents is 1. The molecule has 110 valence electrons. The lowest BCUT2D eigenvalue weighted by Gasteiger charge is -2.39. The maximum absolute atomic E-state index is 13.8. The number of carbonyl (C=O) groups excluding carboxylic acids is 1. The van der Waals surface area contributed by atoms with Crippen molar-refractivity contribution >= 4 is 5.91 Å². The molecule has 0 saturated carbocycles. The molecule has 1 aliphatic rings. The second kappa shape index (κ2) is 6.22. The summed E-state index contributed by atoms with van der Waals surface area (Å²) in [4.78, 5) is 14.1. The normalized spacial score (nSPS) is 22.9. The van der Waals surface area contributed by atoms with Gasteiger partial charge in [-0.1, -0.05) is 13.3 Å². The van der Waals surface area contributed by atoms with E-state index in [1.54, 1.807) is 4.90 Å². The smallest absolute Gasteiger partial charge is 0.257 e. The van der Waals surface area contributed by atoms with Gasteiger partial charge in [-0.05, 0) is 30.9 Å². The van der Waals surface area contributed by atoms with Crippen molar-refractivity contribution in [3.63, 3.8) is 0 Å². The Morgan fingerprint density at radius 1 is 1.55 bits per heavy atom. The first-order valence-corrected chi connectivity index (χ1v) is 7.06. The Hall–Kier alpha value is -1.62. The van der Waals surface area contributed by atoms with E-state index in [1.807, 2.05) is 0 Å². The second-order valence-corrected chi connectivity index (χ2v) is 5.35. The van der Waals surface area contributed by atoms with Gasteiger partial charge in [0, 0.05) is 25.2 Å². The van der Waals surface area contributed by atoms with Crippen LogP contribution in [-0.4, -0.2) is 35.0 Å². The van der Waals surface area contributed by atoms with Gasteiger partial charge in [-0.3, -0.25) is 4.79 Å². The Morgan fingerprint density at radius 3 is 2.90 bits per heavy atom. The third-order valence-electron chi connectivity index (χ3n) is 4.12. The van der Waals surface area contributed by atoms with Gasteiger partial charge in [0.05, 0.1) is 5.56 Å². The minimum absolute atomic E-state index is 0.00352. The van der Waals surface area contributed by atoms with Gasteiger partial charge in [0.1, 0.15) is 11.6 Å². The highest BCUT2D eigenvalue weighted by Crippen LogP contribution is 2.27. The molecule has 1 aromatic carbocycles. The monoisotopic (exact) mass is 280 g/mol. The van der Waals surface area contributed by atoms with Gasteiger partial charge in [0.15, 0.2) is 0 Å². The van der Waals surface area contributed by atoms with Gasteiger partial charge >= 0.3 is 0 Å². The molecule has 2 rings (SSSR count). The zero-order valence-electron chi connectivity index (χ0n) is 11.7. The molecular weight excluding hydrogens is 259 g/mol. The fraction of sp³-hybridized carbons (Fsp3) is 0.533. The number of halogens is 1. The van der Waals surface area contributed by atoms with Crippen LogP contribution in [-0.2, 0) is 0 Å². The zero-order valence-corrected chi connectivity index (χ0v) is 11.7. The molecule has 0 spiro atoms. The average molecular weight is 280 g/mol. The highest BCUT2D eigenvalue weighted by molar-refractivity contribution is 5.95. The fourth-order valence-corrected chi connectivity index (χ4v) is 2.83. The SMILES string of the molecule is CCC1CCN(C(=O)c2ccc(O)cc2F)C(CN)C1. The summed E-state index contributed by atoms with van der Waals surface area (Å²) in [6.45, 7) is 3.14. The number of aromatic hydroxyl groups is 1. The number of hydrogen-bond donors (Lipinski definition) is 2. The van der Waals surface area contributed by atoms with E-state index in [0.29, 0.717) is 19.0 Å². The van der Waals surface area contributed by atoms with E-state index >= 15 is 0 Å².